The van der Waals surface area contributed by atoms with Gasteiger partial charge in [-0.05, 0) is 37.1 Å². The Labute approximate surface area is 145 Å². The Kier molecular flexibility index (Phi) is 5.04. The molecule has 2 aromatic heterocycles. The smallest absolute Gasteiger partial charge is 0.252 e. The lowest BCUT2D eigenvalue weighted by Crippen LogP contribution is -2.51. The van der Waals surface area contributed by atoms with Gasteiger partial charge in [0.1, 0.15) is 0 Å². The van der Waals surface area contributed by atoms with Gasteiger partial charge in [0.05, 0.1) is 25.3 Å². The van der Waals surface area contributed by atoms with E-state index in [1.54, 1.807) is 36.9 Å². The van der Waals surface area contributed by atoms with Crippen molar-refractivity contribution in [3.63, 3.8) is 0 Å². The highest BCUT2D eigenvalue weighted by Crippen LogP contribution is 2.12. The molecule has 0 aliphatic carbocycles. The molecule has 3 rings (SSSR count). The summed E-state index contributed by atoms with van der Waals surface area (Å²) < 4.78 is 5.45. The van der Waals surface area contributed by atoms with Crippen LogP contribution in [0.5, 0.6) is 0 Å². The number of hydrogen-bond acceptors (Lipinski definition) is 5. The van der Waals surface area contributed by atoms with Crippen LogP contribution >= 0.6 is 0 Å². The number of ether oxygens (including phenoxy) is 1. The number of hydrogen-bond donors (Lipinski definition) is 2. The quantitative estimate of drug-likeness (QED) is 0.867. The third kappa shape index (κ3) is 3.83. The number of nitrogens with one attached hydrogen (secondary N) is 2. The van der Waals surface area contributed by atoms with E-state index in [0.717, 1.165) is 11.1 Å². The molecular formula is C18H20N4O3. The second-order valence-corrected chi connectivity index (χ2v) is 6.08. The van der Waals surface area contributed by atoms with Crippen LogP contribution in [0.15, 0.2) is 36.9 Å². The fourth-order valence-corrected chi connectivity index (χ4v) is 2.79. The van der Waals surface area contributed by atoms with Crippen molar-refractivity contribution < 1.29 is 14.3 Å². The lowest BCUT2D eigenvalue weighted by atomic mass is 10.1. The minimum atomic E-state index is -0.286. The maximum Gasteiger partial charge on any atom is 0.252 e. The van der Waals surface area contributed by atoms with Crippen molar-refractivity contribution in [3.05, 3.63) is 59.2 Å². The van der Waals surface area contributed by atoms with E-state index in [4.69, 9.17) is 4.74 Å². The van der Waals surface area contributed by atoms with E-state index >= 15 is 0 Å². The standard InChI is InChI=1S/C18H20N4O3/c1-11-7-19-5-3-13(11)17(23)21-15-9-25-10-16(15)22-18(24)14-4-6-20-8-12(14)2/h3-8,15-16H,9-10H2,1-2H3,(H,21,23)(H,22,24)/t15-,16+. The van der Waals surface area contributed by atoms with E-state index in [0.29, 0.717) is 24.3 Å². The number of aromatic nitrogens is 2. The molecule has 7 heteroatoms. The van der Waals surface area contributed by atoms with Crippen LogP contribution in [0.1, 0.15) is 31.8 Å². The fraction of sp³-hybridized carbons (Fsp3) is 0.333. The topological polar surface area (TPSA) is 93.2 Å². The SMILES string of the molecule is Cc1cnccc1C(=O)N[C@H]1COC[C@H]1NC(=O)c1ccncc1C. The molecule has 7 nitrogen and oxygen atoms in total. The summed E-state index contributed by atoms with van der Waals surface area (Å²) in [5.41, 5.74) is 2.73. The van der Waals surface area contributed by atoms with E-state index in [1.165, 1.54) is 0 Å². The van der Waals surface area contributed by atoms with Gasteiger partial charge in [-0.15, -0.1) is 0 Å². The summed E-state index contributed by atoms with van der Waals surface area (Å²) in [5, 5.41) is 5.88. The summed E-state index contributed by atoms with van der Waals surface area (Å²) in [6.07, 6.45) is 6.45. The maximum atomic E-state index is 12.5. The van der Waals surface area contributed by atoms with Gasteiger partial charge in [-0.1, -0.05) is 0 Å². The second-order valence-electron chi connectivity index (χ2n) is 6.08. The third-order valence-electron chi connectivity index (χ3n) is 4.24. The van der Waals surface area contributed by atoms with E-state index < -0.39 is 0 Å². The number of carbonyl (C=O) groups excluding carboxylic acids is 2. The summed E-state index contributed by atoms with van der Waals surface area (Å²) in [6, 6.07) is 2.78. The molecule has 0 bridgehead atoms. The van der Waals surface area contributed by atoms with Gasteiger partial charge in [0, 0.05) is 35.9 Å². The predicted octanol–water partition coefficient (Wildman–Crippen LogP) is 1.02. The summed E-state index contributed by atoms with van der Waals surface area (Å²) in [5.74, 6) is -0.399. The molecule has 1 aliphatic rings. The van der Waals surface area contributed by atoms with Crippen LogP contribution in [0, 0.1) is 13.8 Å². The Morgan fingerprint density at radius 1 is 0.920 bits per heavy atom. The Hall–Kier alpha value is -2.80. The maximum absolute atomic E-state index is 12.5. The number of rotatable bonds is 4. The Balaban J connectivity index is 1.67. The third-order valence-corrected chi connectivity index (χ3v) is 4.24. The molecule has 25 heavy (non-hydrogen) atoms. The first-order chi connectivity index (χ1) is 12.1. The average Bonchev–Trinajstić information content (AvgIpc) is 3.02. The number of amides is 2. The highest BCUT2D eigenvalue weighted by molar-refractivity contribution is 5.97. The molecule has 0 aromatic carbocycles. The number of carbonyl (C=O) groups is 2. The molecule has 1 fully saturated rings. The van der Waals surface area contributed by atoms with Crippen molar-refractivity contribution in [2.45, 2.75) is 25.9 Å². The molecule has 2 atom stereocenters. The minimum Gasteiger partial charge on any atom is -0.377 e. The van der Waals surface area contributed by atoms with Crippen LogP contribution in [-0.4, -0.2) is 47.1 Å². The van der Waals surface area contributed by atoms with Crippen LogP contribution in [0.3, 0.4) is 0 Å². The zero-order valence-corrected chi connectivity index (χ0v) is 14.2. The lowest BCUT2D eigenvalue weighted by Gasteiger charge is -2.21. The van der Waals surface area contributed by atoms with Gasteiger partial charge in [-0.25, -0.2) is 0 Å². The first kappa shape index (κ1) is 17.0. The van der Waals surface area contributed by atoms with Crippen molar-refractivity contribution in [2.75, 3.05) is 13.2 Å². The van der Waals surface area contributed by atoms with Crippen molar-refractivity contribution in [2.24, 2.45) is 0 Å². The molecule has 0 unspecified atom stereocenters. The van der Waals surface area contributed by atoms with Gasteiger partial charge in [-0.2, -0.15) is 0 Å². The Bertz CT molecular complexity index is 728. The van der Waals surface area contributed by atoms with E-state index in [9.17, 15) is 9.59 Å². The van der Waals surface area contributed by atoms with Crippen LogP contribution in [0.25, 0.3) is 0 Å². The van der Waals surface area contributed by atoms with Gasteiger partial charge >= 0.3 is 0 Å². The van der Waals surface area contributed by atoms with Crippen LogP contribution in [0.2, 0.25) is 0 Å². The monoisotopic (exact) mass is 340 g/mol. The highest BCUT2D eigenvalue weighted by Gasteiger charge is 2.31. The number of aryl methyl sites for hydroxylation is 2. The largest absolute Gasteiger partial charge is 0.377 e. The molecule has 1 aliphatic heterocycles. The van der Waals surface area contributed by atoms with Gasteiger partial charge < -0.3 is 15.4 Å². The van der Waals surface area contributed by atoms with Crippen molar-refractivity contribution >= 4 is 11.8 Å². The summed E-state index contributed by atoms with van der Waals surface area (Å²) >= 11 is 0. The number of pyridine rings is 2. The molecule has 0 spiro atoms. The van der Waals surface area contributed by atoms with E-state index in [-0.39, 0.29) is 23.9 Å². The lowest BCUT2D eigenvalue weighted by molar-refractivity contribution is 0.0896. The van der Waals surface area contributed by atoms with Crippen LogP contribution in [-0.2, 0) is 4.74 Å². The summed E-state index contributed by atoms with van der Waals surface area (Å²) in [6.45, 7) is 4.38. The molecule has 2 amide bonds. The molecular weight excluding hydrogens is 320 g/mol. The van der Waals surface area contributed by atoms with E-state index in [1.807, 2.05) is 13.8 Å². The van der Waals surface area contributed by atoms with Crippen LogP contribution < -0.4 is 10.6 Å². The molecule has 0 saturated carbocycles. The Morgan fingerprint density at radius 2 is 1.36 bits per heavy atom. The fourth-order valence-electron chi connectivity index (χ4n) is 2.79. The summed E-state index contributed by atoms with van der Waals surface area (Å²) in [4.78, 5) is 32.9. The second kappa shape index (κ2) is 7.40. The molecule has 3 heterocycles. The molecule has 2 N–H and O–H groups in total. The van der Waals surface area contributed by atoms with Gasteiger partial charge in [-0.3, -0.25) is 19.6 Å². The first-order valence-corrected chi connectivity index (χ1v) is 8.07. The average molecular weight is 340 g/mol. The van der Waals surface area contributed by atoms with Crippen molar-refractivity contribution in [1.29, 1.82) is 0 Å². The highest BCUT2D eigenvalue weighted by atomic mass is 16.5. The van der Waals surface area contributed by atoms with Crippen molar-refractivity contribution in [3.8, 4) is 0 Å². The van der Waals surface area contributed by atoms with E-state index in [2.05, 4.69) is 20.6 Å². The molecule has 130 valence electrons. The first-order valence-electron chi connectivity index (χ1n) is 8.07. The zero-order chi connectivity index (χ0) is 17.8. The van der Waals surface area contributed by atoms with Gasteiger partial charge in [0.15, 0.2) is 0 Å². The molecule has 1 saturated heterocycles. The minimum absolute atomic E-state index is 0.199. The predicted molar refractivity (Wildman–Crippen MR) is 91.3 cm³/mol. The van der Waals surface area contributed by atoms with Crippen LogP contribution in [0.4, 0.5) is 0 Å². The molecule has 2 aromatic rings. The van der Waals surface area contributed by atoms with Gasteiger partial charge in [0.25, 0.3) is 11.8 Å². The zero-order valence-electron chi connectivity index (χ0n) is 14.2. The van der Waals surface area contributed by atoms with Crippen molar-refractivity contribution in [1.82, 2.24) is 20.6 Å². The molecule has 0 radical (unpaired) electrons. The normalized spacial score (nSPS) is 19.4. The van der Waals surface area contributed by atoms with Gasteiger partial charge in [0.2, 0.25) is 0 Å². The number of nitrogens with zero attached hydrogens (tertiary/aromatic N) is 2. The summed E-state index contributed by atoms with van der Waals surface area (Å²) in [7, 11) is 0. The Morgan fingerprint density at radius 3 is 1.76 bits per heavy atom.